The molecule has 2 rings (SSSR count). The average molecular weight is 316 g/mol. The molecule has 23 heavy (non-hydrogen) atoms. The van der Waals surface area contributed by atoms with Crippen LogP contribution in [-0.4, -0.2) is 13.1 Å². The van der Waals surface area contributed by atoms with Crippen LogP contribution in [0, 0.1) is 5.82 Å². The van der Waals surface area contributed by atoms with Crippen molar-refractivity contribution in [3.63, 3.8) is 0 Å². The lowest BCUT2D eigenvalue weighted by Crippen LogP contribution is -2.11. The average Bonchev–Trinajstić information content (AvgIpc) is 2.52. The first-order chi connectivity index (χ1) is 10.8. The first kappa shape index (κ1) is 17.0. The van der Waals surface area contributed by atoms with E-state index in [9.17, 15) is 9.18 Å². The third kappa shape index (κ3) is 4.31. The Kier molecular flexibility index (Phi) is 5.04. The van der Waals surface area contributed by atoms with E-state index in [2.05, 4.69) is 37.6 Å². The first-order valence-corrected chi connectivity index (χ1v) is 7.41. The third-order valence-corrected chi connectivity index (χ3v) is 3.56. The molecule has 0 atom stereocenters. The van der Waals surface area contributed by atoms with Crippen molar-refractivity contribution in [3.8, 4) is 5.75 Å². The molecule has 0 aliphatic carbocycles. The molecule has 0 amide bonds. The zero-order valence-electron chi connectivity index (χ0n) is 13.9. The van der Waals surface area contributed by atoms with E-state index in [1.807, 2.05) is 12.1 Å². The summed E-state index contributed by atoms with van der Waals surface area (Å²) < 4.78 is 23.6. The fourth-order valence-corrected chi connectivity index (χ4v) is 2.16. The minimum atomic E-state index is -0.623. The van der Waals surface area contributed by atoms with Gasteiger partial charge >= 0.3 is 5.97 Å². The molecule has 0 fully saturated rings. The van der Waals surface area contributed by atoms with Gasteiger partial charge in [-0.05, 0) is 34.7 Å². The summed E-state index contributed by atoms with van der Waals surface area (Å²) in [5.74, 6) is -0.826. The summed E-state index contributed by atoms with van der Waals surface area (Å²) >= 11 is 0. The zero-order valence-corrected chi connectivity index (χ0v) is 13.9. The number of methoxy groups -OCH3 is 1. The van der Waals surface area contributed by atoms with Gasteiger partial charge < -0.3 is 9.47 Å². The van der Waals surface area contributed by atoms with Crippen molar-refractivity contribution in [3.05, 3.63) is 65.0 Å². The summed E-state index contributed by atoms with van der Waals surface area (Å²) in [5.41, 5.74) is 2.38. The van der Waals surface area contributed by atoms with Gasteiger partial charge in [0.25, 0.3) is 0 Å². The second kappa shape index (κ2) is 6.82. The van der Waals surface area contributed by atoms with Gasteiger partial charge in [-0.2, -0.15) is 0 Å². The van der Waals surface area contributed by atoms with E-state index >= 15 is 0 Å². The van der Waals surface area contributed by atoms with E-state index in [1.165, 1.54) is 24.8 Å². The standard InChI is InChI=1S/C19H21FO3/c1-19(2,3)14-7-5-13(6-8-14)12-23-17-10-9-15(20)11-16(17)18(21)22-4/h5-11H,12H2,1-4H3. The molecule has 0 bridgehead atoms. The Labute approximate surface area is 136 Å². The molecular formula is C19H21FO3. The minimum Gasteiger partial charge on any atom is -0.488 e. The quantitative estimate of drug-likeness (QED) is 0.780. The highest BCUT2D eigenvalue weighted by Crippen LogP contribution is 2.24. The number of carbonyl (C=O) groups excluding carboxylic acids is 1. The summed E-state index contributed by atoms with van der Waals surface area (Å²) in [6, 6.07) is 11.9. The molecule has 0 spiro atoms. The number of rotatable bonds is 4. The van der Waals surface area contributed by atoms with Gasteiger partial charge in [-0.1, -0.05) is 45.0 Å². The molecule has 122 valence electrons. The molecule has 3 nitrogen and oxygen atoms in total. The topological polar surface area (TPSA) is 35.5 Å². The van der Waals surface area contributed by atoms with Gasteiger partial charge in [-0.3, -0.25) is 0 Å². The maximum Gasteiger partial charge on any atom is 0.341 e. The highest BCUT2D eigenvalue weighted by Gasteiger charge is 2.15. The fourth-order valence-electron chi connectivity index (χ4n) is 2.16. The highest BCUT2D eigenvalue weighted by molar-refractivity contribution is 5.92. The molecule has 2 aromatic rings. The number of hydrogen-bond donors (Lipinski definition) is 0. The van der Waals surface area contributed by atoms with E-state index in [1.54, 1.807) is 0 Å². The van der Waals surface area contributed by atoms with Crippen molar-refractivity contribution in [1.29, 1.82) is 0 Å². The molecule has 4 heteroatoms. The van der Waals surface area contributed by atoms with Crippen LogP contribution in [0.2, 0.25) is 0 Å². The van der Waals surface area contributed by atoms with Crippen molar-refractivity contribution < 1.29 is 18.7 Å². The maximum atomic E-state index is 13.3. The summed E-state index contributed by atoms with van der Waals surface area (Å²) in [7, 11) is 1.25. The van der Waals surface area contributed by atoms with Gasteiger partial charge in [-0.15, -0.1) is 0 Å². The number of ether oxygens (including phenoxy) is 2. The smallest absolute Gasteiger partial charge is 0.341 e. The molecule has 0 heterocycles. The second-order valence-corrected chi connectivity index (χ2v) is 6.37. The van der Waals surface area contributed by atoms with Crippen molar-refractivity contribution in [2.75, 3.05) is 7.11 Å². The zero-order chi connectivity index (χ0) is 17.0. The molecule has 0 aliphatic rings. The lowest BCUT2D eigenvalue weighted by molar-refractivity contribution is 0.0595. The Morgan fingerprint density at radius 3 is 2.30 bits per heavy atom. The Morgan fingerprint density at radius 1 is 1.09 bits per heavy atom. The summed E-state index contributed by atoms with van der Waals surface area (Å²) in [6.07, 6.45) is 0. The predicted octanol–water partition coefficient (Wildman–Crippen LogP) is 4.49. The van der Waals surface area contributed by atoms with Gasteiger partial charge in [0.05, 0.1) is 7.11 Å². The highest BCUT2D eigenvalue weighted by atomic mass is 19.1. The van der Waals surface area contributed by atoms with Crippen molar-refractivity contribution in [2.45, 2.75) is 32.8 Å². The van der Waals surface area contributed by atoms with E-state index in [0.717, 1.165) is 11.6 Å². The van der Waals surface area contributed by atoms with Gasteiger partial charge in [0, 0.05) is 0 Å². The van der Waals surface area contributed by atoms with Crippen LogP contribution in [-0.2, 0) is 16.8 Å². The molecule has 0 radical (unpaired) electrons. The Bertz CT molecular complexity index is 685. The van der Waals surface area contributed by atoms with Crippen molar-refractivity contribution in [2.24, 2.45) is 0 Å². The Morgan fingerprint density at radius 2 is 1.74 bits per heavy atom. The molecule has 2 aromatic carbocycles. The molecule has 0 saturated carbocycles. The lowest BCUT2D eigenvalue weighted by atomic mass is 9.87. The van der Waals surface area contributed by atoms with E-state index in [4.69, 9.17) is 4.74 Å². The molecule has 0 saturated heterocycles. The fraction of sp³-hybridized carbons (Fsp3) is 0.316. The van der Waals surface area contributed by atoms with Crippen LogP contribution < -0.4 is 4.74 Å². The maximum absolute atomic E-state index is 13.3. The van der Waals surface area contributed by atoms with Crippen molar-refractivity contribution in [1.82, 2.24) is 0 Å². The van der Waals surface area contributed by atoms with E-state index in [0.29, 0.717) is 12.4 Å². The number of hydrogen-bond acceptors (Lipinski definition) is 3. The second-order valence-electron chi connectivity index (χ2n) is 6.37. The van der Waals surface area contributed by atoms with Crippen LogP contribution in [0.4, 0.5) is 4.39 Å². The summed E-state index contributed by atoms with van der Waals surface area (Å²) in [6.45, 7) is 6.75. The number of esters is 1. The largest absolute Gasteiger partial charge is 0.488 e. The predicted molar refractivity (Wildman–Crippen MR) is 87.2 cm³/mol. The Hall–Kier alpha value is -2.36. The number of carbonyl (C=O) groups is 1. The Balaban J connectivity index is 2.13. The van der Waals surface area contributed by atoms with Crippen molar-refractivity contribution >= 4 is 5.97 Å². The van der Waals surface area contributed by atoms with Crippen LogP contribution >= 0.6 is 0 Å². The number of benzene rings is 2. The van der Waals surface area contributed by atoms with Crippen LogP contribution in [0.3, 0.4) is 0 Å². The van der Waals surface area contributed by atoms with Gasteiger partial charge in [0.2, 0.25) is 0 Å². The van der Waals surface area contributed by atoms with Gasteiger partial charge in [0.1, 0.15) is 23.7 Å². The lowest BCUT2D eigenvalue weighted by Gasteiger charge is -2.19. The molecular weight excluding hydrogens is 295 g/mol. The van der Waals surface area contributed by atoms with Gasteiger partial charge in [-0.25, -0.2) is 9.18 Å². The molecule has 0 N–H and O–H groups in total. The minimum absolute atomic E-state index is 0.0822. The first-order valence-electron chi connectivity index (χ1n) is 7.41. The van der Waals surface area contributed by atoms with Crippen LogP contribution in [0.1, 0.15) is 42.3 Å². The summed E-state index contributed by atoms with van der Waals surface area (Å²) in [5, 5.41) is 0. The normalized spacial score (nSPS) is 11.2. The molecule has 0 unspecified atom stereocenters. The third-order valence-electron chi connectivity index (χ3n) is 3.56. The number of halogens is 1. The molecule has 0 aliphatic heterocycles. The van der Waals surface area contributed by atoms with Crippen LogP contribution in [0.25, 0.3) is 0 Å². The monoisotopic (exact) mass is 316 g/mol. The SMILES string of the molecule is COC(=O)c1cc(F)ccc1OCc1ccc(C(C)(C)C)cc1. The van der Waals surface area contributed by atoms with E-state index in [-0.39, 0.29) is 11.0 Å². The van der Waals surface area contributed by atoms with Crippen LogP contribution in [0.5, 0.6) is 5.75 Å². The van der Waals surface area contributed by atoms with E-state index < -0.39 is 11.8 Å². The van der Waals surface area contributed by atoms with Crippen LogP contribution in [0.15, 0.2) is 42.5 Å². The van der Waals surface area contributed by atoms with Gasteiger partial charge in [0.15, 0.2) is 0 Å². The molecule has 0 aromatic heterocycles. The summed E-state index contributed by atoms with van der Waals surface area (Å²) in [4.78, 5) is 11.7.